The van der Waals surface area contributed by atoms with E-state index in [9.17, 15) is 13.2 Å². The molecule has 0 aliphatic rings. The molecule has 0 aliphatic carbocycles. The minimum Gasteiger partial charge on any atom is -0.335 e. The summed E-state index contributed by atoms with van der Waals surface area (Å²) in [6.45, 7) is 1.70. The molecule has 12 heteroatoms. The lowest BCUT2D eigenvalue weighted by Gasteiger charge is -2.12. The van der Waals surface area contributed by atoms with Crippen molar-refractivity contribution in [2.45, 2.75) is 22.2 Å². The molecule has 1 amide bonds. The first-order valence-electron chi connectivity index (χ1n) is 8.22. The quantitative estimate of drug-likeness (QED) is 0.350. The summed E-state index contributed by atoms with van der Waals surface area (Å²) < 4.78 is 24.7. The molecule has 5 N–H and O–H groups in total. The number of anilines is 1. The fourth-order valence-corrected chi connectivity index (χ4v) is 4.11. The maximum atomic E-state index is 12.5. The van der Waals surface area contributed by atoms with E-state index in [0.29, 0.717) is 16.7 Å². The second-order valence-corrected chi connectivity index (χ2v) is 9.70. The van der Waals surface area contributed by atoms with Gasteiger partial charge in [-0.1, -0.05) is 39.8 Å². The Labute approximate surface area is 180 Å². The zero-order chi connectivity index (χ0) is 21.2. The first-order valence-corrected chi connectivity index (χ1v) is 11.4. The van der Waals surface area contributed by atoms with Gasteiger partial charge in [0.2, 0.25) is 21.1 Å². The van der Waals surface area contributed by atoms with Gasteiger partial charge in [0, 0.05) is 15.7 Å². The number of nitrogen functional groups attached to an aromatic ring is 1. The average Bonchev–Trinajstić information content (AvgIpc) is 3.02. The number of thioether (sulfide) groups is 1. The zero-order valence-electron chi connectivity index (χ0n) is 15.1. The Morgan fingerprint density at radius 3 is 2.45 bits per heavy atom. The average molecular weight is 497 g/mol. The van der Waals surface area contributed by atoms with Gasteiger partial charge < -0.3 is 11.2 Å². The van der Waals surface area contributed by atoms with Gasteiger partial charge in [-0.25, -0.2) is 18.2 Å². The highest BCUT2D eigenvalue weighted by molar-refractivity contribution is 9.10. The van der Waals surface area contributed by atoms with E-state index in [-0.39, 0.29) is 10.8 Å². The summed E-state index contributed by atoms with van der Waals surface area (Å²) in [6.07, 6.45) is 0. The fourth-order valence-electron chi connectivity index (χ4n) is 2.37. The van der Waals surface area contributed by atoms with Gasteiger partial charge >= 0.3 is 0 Å². The third kappa shape index (κ3) is 4.96. The lowest BCUT2D eigenvalue weighted by Crippen LogP contribution is -2.23. The number of amides is 1. The number of nitrogens with two attached hydrogens (primary N) is 2. The number of carbonyl (C=O) groups excluding carboxylic acids is 1. The molecule has 9 nitrogen and oxygen atoms in total. The largest absolute Gasteiger partial charge is 0.335 e. The lowest BCUT2D eigenvalue weighted by molar-refractivity contribution is -0.115. The third-order valence-corrected chi connectivity index (χ3v) is 6.56. The Kier molecular flexibility index (Phi) is 6.27. The second-order valence-electron chi connectivity index (χ2n) is 5.97. The number of aromatic nitrogens is 3. The molecule has 3 rings (SSSR count). The number of hydrogen-bond donors (Lipinski definition) is 3. The molecule has 0 bridgehead atoms. The Balaban J connectivity index is 1.70. The Morgan fingerprint density at radius 2 is 1.83 bits per heavy atom. The molecular weight excluding hydrogens is 480 g/mol. The number of sulfonamides is 1. The highest BCUT2D eigenvalue weighted by Crippen LogP contribution is 2.29. The van der Waals surface area contributed by atoms with E-state index < -0.39 is 15.3 Å². The molecule has 3 aromatic rings. The summed E-state index contributed by atoms with van der Waals surface area (Å²) in [5, 5.41) is 15.8. The summed E-state index contributed by atoms with van der Waals surface area (Å²) in [5.41, 5.74) is 1.22. The fraction of sp³-hybridized carbons (Fsp3) is 0.118. The van der Waals surface area contributed by atoms with Crippen LogP contribution >= 0.6 is 27.7 Å². The Bertz CT molecular complexity index is 1150. The van der Waals surface area contributed by atoms with E-state index in [1.165, 1.54) is 28.9 Å². The van der Waals surface area contributed by atoms with Crippen LogP contribution in [0.25, 0.3) is 11.4 Å². The monoisotopic (exact) mass is 496 g/mol. The highest BCUT2D eigenvalue weighted by atomic mass is 79.9. The molecule has 29 heavy (non-hydrogen) atoms. The molecule has 2 aromatic carbocycles. The van der Waals surface area contributed by atoms with Crippen LogP contribution in [-0.2, 0) is 14.8 Å². The van der Waals surface area contributed by atoms with Crippen LogP contribution in [0, 0.1) is 0 Å². The zero-order valence-corrected chi connectivity index (χ0v) is 18.3. The van der Waals surface area contributed by atoms with E-state index in [1.807, 2.05) is 24.3 Å². The summed E-state index contributed by atoms with van der Waals surface area (Å²) in [4.78, 5) is 12.4. The summed E-state index contributed by atoms with van der Waals surface area (Å²) in [6, 6.07) is 13.0. The van der Waals surface area contributed by atoms with Crippen LogP contribution in [0.15, 0.2) is 63.1 Å². The van der Waals surface area contributed by atoms with Crippen molar-refractivity contribution in [3.63, 3.8) is 0 Å². The summed E-state index contributed by atoms with van der Waals surface area (Å²) in [5.74, 6) is 6.27. The first-order chi connectivity index (χ1) is 13.7. The maximum absolute atomic E-state index is 12.5. The third-order valence-electron chi connectivity index (χ3n) is 3.88. The van der Waals surface area contributed by atoms with E-state index >= 15 is 0 Å². The summed E-state index contributed by atoms with van der Waals surface area (Å²) >= 11 is 4.60. The number of halogens is 1. The van der Waals surface area contributed by atoms with Crippen LogP contribution < -0.4 is 16.3 Å². The SMILES string of the molecule is CC(Sc1nnc(-c2ccccc2Br)n1N)C(=O)Nc1ccc(S(N)(=O)=O)cc1. The topological polar surface area (TPSA) is 146 Å². The van der Waals surface area contributed by atoms with E-state index in [0.717, 1.165) is 21.8 Å². The van der Waals surface area contributed by atoms with Crippen molar-refractivity contribution in [1.82, 2.24) is 14.9 Å². The minimum atomic E-state index is -3.79. The van der Waals surface area contributed by atoms with E-state index in [2.05, 4.69) is 31.4 Å². The highest BCUT2D eigenvalue weighted by Gasteiger charge is 2.21. The molecule has 0 saturated heterocycles. The normalized spacial score (nSPS) is 12.5. The number of benzene rings is 2. The number of primary sulfonamides is 1. The van der Waals surface area contributed by atoms with Crippen LogP contribution in [0.2, 0.25) is 0 Å². The number of nitrogens with one attached hydrogen (secondary N) is 1. The van der Waals surface area contributed by atoms with Gasteiger partial charge in [0.1, 0.15) is 0 Å². The van der Waals surface area contributed by atoms with Crippen LogP contribution in [-0.4, -0.2) is 34.4 Å². The Hall–Kier alpha value is -2.41. The van der Waals surface area contributed by atoms with E-state index in [4.69, 9.17) is 11.0 Å². The van der Waals surface area contributed by atoms with Gasteiger partial charge in [-0.15, -0.1) is 10.2 Å². The smallest absolute Gasteiger partial charge is 0.238 e. The standard InChI is InChI=1S/C17H17BrN6O3S2/c1-10(16(25)21-11-6-8-12(9-7-11)29(20,26)27)28-17-23-22-15(24(17)19)13-4-2-3-5-14(13)18/h2-10H,19H2,1H3,(H,21,25)(H2,20,26,27). The van der Waals surface area contributed by atoms with Crippen LogP contribution in [0.1, 0.15) is 6.92 Å². The molecule has 0 saturated carbocycles. The Morgan fingerprint density at radius 1 is 1.17 bits per heavy atom. The lowest BCUT2D eigenvalue weighted by atomic mass is 10.2. The van der Waals surface area contributed by atoms with Crippen molar-refractivity contribution in [1.29, 1.82) is 0 Å². The van der Waals surface area contributed by atoms with Crippen LogP contribution in [0.5, 0.6) is 0 Å². The molecule has 0 fully saturated rings. The van der Waals surface area contributed by atoms with Crippen LogP contribution in [0.4, 0.5) is 5.69 Å². The molecule has 0 aliphatic heterocycles. The predicted molar refractivity (Wildman–Crippen MR) is 115 cm³/mol. The van der Waals surface area contributed by atoms with Gasteiger partial charge in [-0.2, -0.15) is 0 Å². The first kappa shape index (κ1) is 21.3. The van der Waals surface area contributed by atoms with Crippen molar-refractivity contribution in [3.05, 3.63) is 53.0 Å². The molecule has 1 atom stereocenters. The number of hydrogen-bond acceptors (Lipinski definition) is 7. The van der Waals surface area contributed by atoms with Gasteiger partial charge in [0.25, 0.3) is 0 Å². The van der Waals surface area contributed by atoms with E-state index in [1.54, 1.807) is 6.92 Å². The van der Waals surface area contributed by atoms with Gasteiger partial charge in [-0.3, -0.25) is 4.79 Å². The van der Waals surface area contributed by atoms with Gasteiger partial charge in [0.15, 0.2) is 5.82 Å². The van der Waals surface area contributed by atoms with Crippen molar-refractivity contribution in [2.75, 3.05) is 11.2 Å². The van der Waals surface area contributed by atoms with Crippen molar-refractivity contribution in [3.8, 4) is 11.4 Å². The van der Waals surface area contributed by atoms with Crippen LogP contribution in [0.3, 0.4) is 0 Å². The predicted octanol–water partition coefficient (Wildman–Crippen LogP) is 2.19. The maximum Gasteiger partial charge on any atom is 0.238 e. The number of carbonyl (C=O) groups is 1. The molecule has 1 aromatic heterocycles. The van der Waals surface area contributed by atoms with Gasteiger partial charge in [-0.05, 0) is 43.3 Å². The molecular formula is C17H17BrN6O3S2. The van der Waals surface area contributed by atoms with Gasteiger partial charge in [0.05, 0.1) is 10.1 Å². The number of rotatable bonds is 6. The molecule has 1 heterocycles. The molecule has 0 radical (unpaired) electrons. The number of nitrogens with zero attached hydrogens (tertiary/aromatic N) is 3. The van der Waals surface area contributed by atoms with Crippen molar-refractivity contribution in [2.24, 2.45) is 5.14 Å². The summed E-state index contributed by atoms with van der Waals surface area (Å²) in [7, 11) is -3.79. The molecule has 0 spiro atoms. The van der Waals surface area contributed by atoms with Crippen molar-refractivity contribution < 1.29 is 13.2 Å². The van der Waals surface area contributed by atoms with Crippen molar-refractivity contribution >= 4 is 49.3 Å². The molecule has 1 unspecified atom stereocenters. The molecule has 152 valence electrons. The minimum absolute atomic E-state index is 0.0336. The second kappa shape index (κ2) is 8.53.